The third-order valence-corrected chi connectivity index (χ3v) is 4.07. The Balaban J connectivity index is 1.52. The average Bonchev–Trinajstić information content (AvgIpc) is 2.67. The maximum Gasteiger partial charge on any atom is 0.271 e. The van der Waals surface area contributed by atoms with Gasteiger partial charge in [0, 0.05) is 45.4 Å². The van der Waals surface area contributed by atoms with Crippen LogP contribution in [-0.4, -0.2) is 65.0 Å². The second kappa shape index (κ2) is 8.58. The normalized spacial score (nSPS) is 14.1. The summed E-state index contributed by atoms with van der Waals surface area (Å²) in [6.07, 6.45) is 0. The van der Waals surface area contributed by atoms with Crippen molar-refractivity contribution in [2.75, 3.05) is 49.6 Å². The van der Waals surface area contributed by atoms with E-state index in [0.717, 1.165) is 23.6 Å². The molecule has 0 aromatic carbocycles. The molecular weight excluding hydrogens is 350 g/mol. The quantitative estimate of drug-likeness (QED) is 0.655. The van der Waals surface area contributed by atoms with E-state index >= 15 is 0 Å². The molecule has 0 saturated carbocycles. The predicted octanol–water partition coefficient (Wildman–Crippen LogP) is -0.443. The lowest BCUT2D eigenvalue weighted by Crippen LogP contribution is -2.37. The lowest BCUT2D eigenvalue weighted by Gasteiger charge is -2.28. The van der Waals surface area contributed by atoms with Crippen LogP contribution in [0.2, 0.25) is 0 Å². The van der Waals surface area contributed by atoms with Crippen molar-refractivity contribution in [2.24, 2.45) is 7.05 Å². The number of carbonyl (C=O) groups is 1. The minimum Gasteiger partial charge on any atom is -0.378 e. The molecule has 3 rings (SSSR count). The molecule has 2 aromatic heterocycles. The Hall–Kier alpha value is -3.01. The molecule has 1 aliphatic rings. The van der Waals surface area contributed by atoms with Crippen molar-refractivity contribution < 1.29 is 9.53 Å². The number of hydrogen-bond donors (Lipinski definition) is 2. The molecule has 1 saturated heterocycles. The van der Waals surface area contributed by atoms with Crippen LogP contribution >= 0.6 is 0 Å². The number of aryl methyl sites for hydroxylation is 2. The van der Waals surface area contributed by atoms with E-state index in [-0.39, 0.29) is 17.2 Å². The molecule has 27 heavy (non-hydrogen) atoms. The second-order valence-corrected chi connectivity index (χ2v) is 6.12. The number of morpholine rings is 1. The number of hydrogen-bond acceptors (Lipinski definition) is 8. The number of ether oxygens (including phenoxy) is 1. The standard InChI is InChI=1S/C17H23N7O3/c1-12-20-14(11-15(21-12)24-7-9-27-10-8-24)18-5-6-19-17(26)13-3-4-16(25)23(2)22-13/h3-4,11H,5-10H2,1-2H3,(H,19,26)(H,18,20,21). The first-order valence-electron chi connectivity index (χ1n) is 8.78. The molecule has 2 aromatic rings. The zero-order chi connectivity index (χ0) is 19.2. The fourth-order valence-electron chi connectivity index (χ4n) is 2.68. The minimum atomic E-state index is -0.333. The SMILES string of the molecule is Cc1nc(NCCNC(=O)c2ccc(=O)n(C)n2)cc(N2CCOCC2)n1. The number of nitrogens with one attached hydrogen (secondary N) is 2. The first-order valence-corrected chi connectivity index (χ1v) is 8.78. The van der Waals surface area contributed by atoms with Crippen molar-refractivity contribution in [3.05, 3.63) is 40.1 Å². The number of carbonyl (C=O) groups excluding carboxylic acids is 1. The van der Waals surface area contributed by atoms with Gasteiger partial charge in [0.05, 0.1) is 13.2 Å². The number of nitrogens with zero attached hydrogens (tertiary/aromatic N) is 5. The van der Waals surface area contributed by atoms with Gasteiger partial charge in [-0.1, -0.05) is 0 Å². The molecule has 10 heteroatoms. The largest absolute Gasteiger partial charge is 0.378 e. The molecule has 0 spiro atoms. The molecular formula is C17H23N7O3. The van der Waals surface area contributed by atoms with Crippen LogP contribution in [0.25, 0.3) is 0 Å². The van der Waals surface area contributed by atoms with Gasteiger partial charge in [0.1, 0.15) is 23.2 Å². The molecule has 0 aliphatic carbocycles. The Morgan fingerprint density at radius 3 is 2.74 bits per heavy atom. The first-order chi connectivity index (χ1) is 13.0. The van der Waals surface area contributed by atoms with Crippen molar-refractivity contribution >= 4 is 17.5 Å². The second-order valence-electron chi connectivity index (χ2n) is 6.12. The summed E-state index contributed by atoms with van der Waals surface area (Å²) in [5.74, 6) is 1.92. The van der Waals surface area contributed by atoms with Crippen LogP contribution in [0.15, 0.2) is 23.0 Å². The Morgan fingerprint density at radius 1 is 1.22 bits per heavy atom. The van der Waals surface area contributed by atoms with Gasteiger partial charge in [0.2, 0.25) is 0 Å². The first kappa shape index (κ1) is 18.8. The van der Waals surface area contributed by atoms with Crippen LogP contribution in [0.4, 0.5) is 11.6 Å². The summed E-state index contributed by atoms with van der Waals surface area (Å²) in [4.78, 5) is 34.4. The Kier molecular flexibility index (Phi) is 5.97. The van der Waals surface area contributed by atoms with E-state index < -0.39 is 0 Å². The molecule has 0 radical (unpaired) electrons. The topological polar surface area (TPSA) is 114 Å². The van der Waals surface area contributed by atoms with Crippen LogP contribution in [-0.2, 0) is 11.8 Å². The van der Waals surface area contributed by atoms with Gasteiger partial charge in [-0.3, -0.25) is 9.59 Å². The Morgan fingerprint density at radius 2 is 2.00 bits per heavy atom. The van der Waals surface area contributed by atoms with E-state index in [1.165, 1.54) is 19.2 Å². The summed E-state index contributed by atoms with van der Waals surface area (Å²) in [5.41, 5.74) is -0.0620. The molecule has 0 atom stereocenters. The summed E-state index contributed by atoms with van der Waals surface area (Å²) < 4.78 is 6.50. The van der Waals surface area contributed by atoms with E-state index in [9.17, 15) is 9.59 Å². The lowest BCUT2D eigenvalue weighted by molar-refractivity contribution is 0.0948. The summed E-state index contributed by atoms with van der Waals surface area (Å²) in [6, 6.07) is 4.62. The van der Waals surface area contributed by atoms with Gasteiger partial charge < -0.3 is 20.3 Å². The van der Waals surface area contributed by atoms with Gasteiger partial charge in [-0.05, 0) is 13.0 Å². The van der Waals surface area contributed by atoms with Crippen molar-refractivity contribution in [3.63, 3.8) is 0 Å². The van der Waals surface area contributed by atoms with E-state index in [4.69, 9.17) is 4.74 Å². The lowest BCUT2D eigenvalue weighted by atomic mass is 10.3. The summed E-state index contributed by atoms with van der Waals surface area (Å²) >= 11 is 0. The zero-order valence-electron chi connectivity index (χ0n) is 15.4. The summed E-state index contributed by atoms with van der Waals surface area (Å²) in [7, 11) is 1.50. The highest BCUT2D eigenvalue weighted by molar-refractivity contribution is 5.91. The van der Waals surface area contributed by atoms with E-state index in [2.05, 4.69) is 30.6 Å². The molecule has 1 fully saturated rings. The van der Waals surface area contributed by atoms with E-state index in [0.29, 0.717) is 37.9 Å². The fraction of sp³-hybridized carbons (Fsp3) is 0.471. The maximum atomic E-state index is 12.1. The van der Waals surface area contributed by atoms with Gasteiger partial charge in [0.25, 0.3) is 11.5 Å². The van der Waals surface area contributed by atoms with Crippen LogP contribution < -0.4 is 21.1 Å². The van der Waals surface area contributed by atoms with Crippen molar-refractivity contribution in [2.45, 2.75) is 6.92 Å². The number of amides is 1. The molecule has 3 heterocycles. The van der Waals surface area contributed by atoms with E-state index in [1.54, 1.807) is 0 Å². The molecule has 144 valence electrons. The van der Waals surface area contributed by atoms with Gasteiger partial charge >= 0.3 is 0 Å². The third kappa shape index (κ3) is 5.00. The summed E-state index contributed by atoms with van der Waals surface area (Å²) in [6.45, 7) is 5.73. The predicted molar refractivity (Wildman–Crippen MR) is 100 cm³/mol. The molecule has 2 N–H and O–H groups in total. The Bertz CT molecular complexity index is 862. The van der Waals surface area contributed by atoms with Crippen LogP contribution in [0.3, 0.4) is 0 Å². The average molecular weight is 373 g/mol. The molecule has 10 nitrogen and oxygen atoms in total. The maximum absolute atomic E-state index is 12.1. The van der Waals surface area contributed by atoms with Crippen molar-refractivity contribution in [3.8, 4) is 0 Å². The highest BCUT2D eigenvalue weighted by Gasteiger charge is 2.14. The van der Waals surface area contributed by atoms with Crippen LogP contribution in [0.1, 0.15) is 16.3 Å². The monoisotopic (exact) mass is 373 g/mol. The van der Waals surface area contributed by atoms with Gasteiger partial charge in [-0.25, -0.2) is 14.6 Å². The molecule has 0 bridgehead atoms. The van der Waals surface area contributed by atoms with Crippen molar-refractivity contribution in [1.29, 1.82) is 0 Å². The molecule has 1 amide bonds. The molecule has 0 unspecified atom stereocenters. The molecule has 1 aliphatic heterocycles. The fourth-order valence-corrected chi connectivity index (χ4v) is 2.68. The smallest absolute Gasteiger partial charge is 0.271 e. The van der Waals surface area contributed by atoms with Crippen LogP contribution in [0, 0.1) is 6.92 Å². The highest BCUT2D eigenvalue weighted by Crippen LogP contribution is 2.16. The van der Waals surface area contributed by atoms with Crippen molar-refractivity contribution in [1.82, 2.24) is 25.1 Å². The zero-order valence-corrected chi connectivity index (χ0v) is 15.4. The summed E-state index contributed by atoms with van der Waals surface area (Å²) in [5, 5.41) is 9.87. The van der Waals surface area contributed by atoms with Crippen LogP contribution in [0.5, 0.6) is 0 Å². The van der Waals surface area contributed by atoms with Gasteiger partial charge in [-0.2, -0.15) is 5.10 Å². The highest BCUT2D eigenvalue weighted by atomic mass is 16.5. The third-order valence-electron chi connectivity index (χ3n) is 4.07. The number of rotatable bonds is 6. The van der Waals surface area contributed by atoms with Gasteiger partial charge in [-0.15, -0.1) is 0 Å². The van der Waals surface area contributed by atoms with Gasteiger partial charge in [0.15, 0.2) is 0 Å². The Labute approximate surface area is 156 Å². The number of anilines is 2. The minimum absolute atomic E-state index is 0.199. The van der Waals surface area contributed by atoms with E-state index in [1.807, 2.05) is 13.0 Å². The number of aromatic nitrogens is 4.